The van der Waals surface area contributed by atoms with Gasteiger partial charge in [-0.25, -0.2) is 4.98 Å². The third kappa shape index (κ3) is 3.69. The van der Waals surface area contributed by atoms with E-state index in [0.29, 0.717) is 21.7 Å². The summed E-state index contributed by atoms with van der Waals surface area (Å²) in [5.41, 5.74) is 0.615. The number of nitrogens with zero attached hydrogens (tertiary/aromatic N) is 3. The number of amides is 1. The van der Waals surface area contributed by atoms with E-state index in [1.165, 1.54) is 11.5 Å². The highest BCUT2D eigenvalue weighted by atomic mass is 35.5. The summed E-state index contributed by atoms with van der Waals surface area (Å²) in [4.78, 5) is 18.3. The number of rotatable bonds is 5. The van der Waals surface area contributed by atoms with Crippen LogP contribution in [0, 0.1) is 0 Å². The van der Waals surface area contributed by atoms with Crippen molar-refractivity contribution in [3.63, 3.8) is 0 Å². The molecular weight excluding hydrogens is 343 g/mol. The summed E-state index contributed by atoms with van der Waals surface area (Å²) < 4.78 is 4.34. The molecule has 0 spiro atoms. The molecule has 1 saturated carbocycles. The molecule has 5 nitrogen and oxygen atoms in total. The van der Waals surface area contributed by atoms with Crippen molar-refractivity contribution in [2.45, 2.75) is 18.8 Å². The Balaban J connectivity index is 1.58. The van der Waals surface area contributed by atoms with E-state index >= 15 is 0 Å². The van der Waals surface area contributed by atoms with Crippen LogP contribution < -0.4 is 10.2 Å². The molecule has 0 saturated heterocycles. The first-order valence-corrected chi connectivity index (χ1v) is 8.35. The highest BCUT2D eigenvalue weighted by Gasteiger charge is 2.28. The Hall–Kier alpha value is -1.37. The van der Waals surface area contributed by atoms with Gasteiger partial charge >= 0.3 is 0 Å². The van der Waals surface area contributed by atoms with Crippen molar-refractivity contribution >= 4 is 51.5 Å². The van der Waals surface area contributed by atoms with Gasteiger partial charge < -0.3 is 10.2 Å². The Morgan fingerprint density at radius 2 is 2.18 bits per heavy atom. The van der Waals surface area contributed by atoms with Gasteiger partial charge in [0.2, 0.25) is 11.0 Å². The molecule has 0 aliphatic heterocycles. The lowest BCUT2D eigenvalue weighted by molar-refractivity contribution is -0.114. The van der Waals surface area contributed by atoms with Crippen molar-refractivity contribution in [2.75, 3.05) is 23.8 Å². The zero-order valence-electron chi connectivity index (χ0n) is 11.8. The predicted molar refractivity (Wildman–Crippen MR) is 90.2 cm³/mol. The van der Waals surface area contributed by atoms with Gasteiger partial charge in [0, 0.05) is 30.2 Å². The van der Waals surface area contributed by atoms with E-state index < -0.39 is 0 Å². The molecule has 0 bridgehead atoms. The third-order valence-electron chi connectivity index (χ3n) is 3.28. The fraction of sp³-hybridized carbons (Fsp3) is 0.357. The lowest BCUT2D eigenvalue weighted by Crippen LogP contribution is -2.30. The zero-order chi connectivity index (χ0) is 15.7. The first-order chi connectivity index (χ1) is 10.5. The molecule has 1 aliphatic rings. The monoisotopic (exact) mass is 356 g/mol. The van der Waals surface area contributed by atoms with Gasteiger partial charge in [0.1, 0.15) is 5.82 Å². The number of nitrogens with one attached hydrogen (secondary N) is 1. The zero-order valence-corrected chi connectivity index (χ0v) is 14.2. The van der Waals surface area contributed by atoms with E-state index in [0.717, 1.165) is 23.8 Å². The average molecular weight is 357 g/mol. The molecule has 1 aromatic carbocycles. The van der Waals surface area contributed by atoms with E-state index in [2.05, 4.69) is 14.7 Å². The molecule has 8 heteroatoms. The predicted octanol–water partition coefficient (Wildman–Crippen LogP) is 3.80. The molecule has 0 unspecified atom stereocenters. The SMILES string of the molecule is CN(CC(=O)Nc1ccc(Cl)c(Cl)c1)c1nc(C2CC2)ns1. The highest BCUT2D eigenvalue weighted by Crippen LogP contribution is 2.39. The maximum atomic E-state index is 12.1. The van der Waals surface area contributed by atoms with Crippen LogP contribution in [0.3, 0.4) is 0 Å². The van der Waals surface area contributed by atoms with Crippen molar-refractivity contribution < 1.29 is 4.79 Å². The number of benzene rings is 1. The smallest absolute Gasteiger partial charge is 0.243 e. The summed E-state index contributed by atoms with van der Waals surface area (Å²) in [5.74, 6) is 1.27. The summed E-state index contributed by atoms with van der Waals surface area (Å²) >= 11 is 13.1. The second-order valence-corrected chi connectivity index (χ2v) is 6.79. The fourth-order valence-corrected chi connectivity index (χ4v) is 2.95. The molecule has 1 heterocycles. The quantitative estimate of drug-likeness (QED) is 0.884. The minimum atomic E-state index is -0.149. The third-order valence-corrected chi connectivity index (χ3v) is 4.87. The van der Waals surface area contributed by atoms with Crippen LogP contribution in [-0.4, -0.2) is 28.9 Å². The molecule has 2 aromatic rings. The topological polar surface area (TPSA) is 58.1 Å². The maximum Gasteiger partial charge on any atom is 0.243 e. The minimum Gasteiger partial charge on any atom is -0.341 e. The highest BCUT2D eigenvalue weighted by molar-refractivity contribution is 7.09. The summed E-state index contributed by atoms with van der Waals surface area (Å²) in [6.07, 6.45) is 2.33. The molecular formula is C14H14Cl2N4OS. The van der Waals surface area contributed by atoms with Gasteiger partial charge in [-0.2, -0.15) is 4.37 Å². The average Bonchev–Trinajstić information content (AvgIpc) is 3.20. The Bertz CT molecular complexity index is 702. The molecule has 3 rings (SSSR count). The van der Waals surface area contributed by atoms with Crippen LogP contribution >= 0.6 is 34.7 Å². The molecule has 1 amide bonds. The van der Waals surface area contributed by atoms with E-state index in [9.17, 15) is 4.79 Å². The summed E-state index contributed by atoms with van der Waals surface area (Å²) in [7, 11) is 1.83. The Labute approximate surface area is 142 Å². The number of aromatic nitrogens is 2. The van der Waals surface area contributed by atoms with Crippen molar-refractivity contribution in [1.29, 1.82) is 0 Å². The Morgan fingerprint density at radius 3 is 2.86 bits per heavy atom. The van der Waals surface area contributed by atoms with Crippen molar-refractivity contribution in [3.8, 4) is 0 Å². The van der Waals surface area contributed by atoms with Crippen molar-refractivity contribution in [3.05, 3.63) is 34.1 Å². The van der Waals surface area contributed by atoms with Crippen LogP contribution in [0.1, 0.15) is 24.6 Å². The molecule has 1 aromatic heterocycles. The standard InChI is InChI=1S/C14H14Cl2N4OS/c1-20(14-18-13(19-22-14)8-2-3-8)7-12(21)17-9-4-5-10(15)11(16)6-9/h4-6,8H,2-3,7H2,1H3,(H,17,21). The molecule has 1 fully saturated rings. The van der Waals surface area contributed by atoms with Gasteiger partial charge in [-0.1, -0.05) is 23.2 Å². The van der Waals surface area contributed by atoms with E-state index in [1.54, 1.807) is 23.1 Å². The van der Waals surface area contributed by atoms with Crippen LogP contribution in [-0.2, 0) is 4.79 Å². The molecule has 1 aliphatic carbocycles. The van der Waals surface area contributed by atoms with Crippen LogP contribution in [0.5, 0.6) is 0 Å². The Morgan fingerprint density at radius 1 is 1.41 bits per heavy atom. The second kappa shape index (κ2) is 6.40. The van der Waals surface area contributed by atoms with Gasteiger partial charge in [-0.3, -0.25) is 4.79 Å². The van der Waals surface area contributed by atoms with Crippen LogP contribution in [0.25, 0.3) is 0 Å². The molecule has 116 valence electrons. The van der Waals surface area contributed by atoms with Gasteiger partial charge in [0.05, 0.1) is 16.6 Å². The van der Waals surface area contributed by atoms with E-state index in [4.69, 9.17) is 23.2 Å². The molecule has 0 radical (unpaired) electrons. The number of anilines is 2. The van der Waals surface area contributed by atoms with Crippen molar-refractivity contribution in [1.82, 2.24) is 9.36 Å². The molecule has 22 heavy (non-hydrogen) atoms. The number of hydrogen-bond donors (Lipinski definition) is 1. The van der Waals surface area contributed by atoms with Gasteiger partial charge in [-0.15, -0.1) is 0 Å². The number of halogens is 2. The number of likely N-dealkylation sites (N-methyl/N-ethyl adjacent to an activating group) is 1. The lowest BCUT2D eigenvalue weighted by atomic mass is 10.3. The van der Waals surface area contributed by atoms with Gasteiger partial charge in [0.25, 0.3) is 0 Å². The number of carbonyl (C=O) groups is 1. The number of carbonyl (C=O) groups excluding carboxylic acids is 1. The first-order valence-electron chi connectivity index (χ1n) is 6.82. The lowest BCUT2D eigenvalue weighted by Gasteiger charge is -2.14. The van der Waals surface area contributed by atoms with Gasteiger partial charge in [-0.05, 0) is 31.0 Å². The van der Waals surface area contributed by atoms with E-state index in [1.807, 2.05) is 7.05 Å². The largest absolute Gasteiger partial charge is 0.341 e. The second-order valence-electron chi connectivity index (χ2n) is 5.24. The number of hydrogen-bond acceptors (Lipinski definition) is 5. The fourth-order valence-electron chi connectivity index (χ4n) is 1.95. The van der Waals surface area contributed by atoms with Crippen LogP contribution in [0.15, 0.2) is 18.2 Å². The summed E-state index contributed by atoms with van der Waals surface area (Å²) in [6.45, 7) is 0.194. The minimum absolute atomic E-state index is 0.149. The Kier molecular flexibility index (Phi) is 4.52. The van der Waals surface area contributed by atoms with Crippen molar-refractivity contribution in [2.24, 2.45) is 0 Å². The van der Waals surface area contributed by atoms with E-state index in [-0.39, 0.29) is 12.5 Å². The molecule has 1 N–H and O–H groups in total. The van der Waals surface area contributed by atoms with Gasteiger partial charge in [0.15, 0.2) is 0 Å². The summed E-state index contributed by atoms with van der Waals surface area (Å²) in [6, 6.07) is 4.98. The van der Waals surface area contributed by atoms with Crippen LogP contribution in [0.4, 0.5) is 10.8 Å². The van der Waals surface area contributed by atoms with Crippen LogP contribution in [0.2, 0.25) is 10.0 Å². The maximum absolute atomic E-state index is 12.1. The summed E-state index contributed by atoms with van der Waals surface area (Å²) in [5, 5.41) is 4.41. The molecule has 0 atom stereocenters. The first kappa shape index (κ1) is 15.5. The normalized spacial score (nSPS) is 14.0.